The van der Waals surface area contributed by atoms with Gasteiger partial charge >= 0.3 is 0 Å². The van der Waals surface area contributed by atoms with Crippen molar-refractivity contribution in [1.82, 2.24) is 0 Å². The third-order valence-corrected chi connectivity index (χ3v) is 4.31. The summed E-state index contributed by atoms with van der Waals surface area (Å²) in [5.41, 5.74) is 8.65. The average molecular weight is 274 g/mol. The first kappa shape index (κ1) is 14.9. The molecule has 0 aliphatic heterocycles. The summed E-state index contributed by atoms with van der Waals surface area (Å²) >= 11 is 0. The Kier molecular flexibility index (Phi) is 5.45. The summed E-state index contributed by atoms with van der Waals surface area (Å²) in [4.78, 5) is 12.0. The maximum atomic E-state index is 12.0. The van der Waals surface area contributed by atoms with Gasteiger partial charge in [0, 0.05) is 17.8 Å². The largest absolute Gasteiger partial charge is 0.398 e. The van der Waals surface area contributed by atoms with Gasteiger partial charge in [-0.1, -0.05) is 45.1 Å². The van der Waals surface area contributed by atoms with Crippen molar-refractivity contribution in [2.75, 3.05) is 11.1 Å². The van der Waals surface area contributed by atoms with Crippen molar-refractivity contribution >= 4 is 17.3 Å². The molecule has 3 nitrogen and oxygen atoms in total. The number of nitrogen functional groups attached to an aromatic ring is 1. The number of carbonyl (C=O) groups excluding carboxylic acids is 1. The molecule has 20 heavy (non-hydrogen) atoms. The van der Waals surface area contributed by atoms with E-state index in [0.717, 1.165) is 35.7 Å². The first-order chi connectivity index (χ1) is 9.69. The van der Waals surface area contributed by atoms with Crippen molar-refractivity contribution < 1.29 is 4.79 Å². The zero-order chi connectivity index (χ0) is 14.4. The summed E-state index contributed by atoms with van der Waals surface area (Å²) in [5, 5.41) is 2.95. The molecular formula is C17H26N2O. The highest BCUT2D eigenvalue weighted by Gasteiger charge is 2.14. The Hall–Kier alpha value is -1.51. The van der Waals surface area contributed by atoms with Crippen LogP contribution in [0.4, 0.5) is 11.4 Å². The molecular weight excluding hydrogens is 248 g/mol. The number of amides is 1. The number of nitrogens with two attached hydrogens (primary N) is 1. The van der Waals surface area contributed by atoms with Gasteiger partial charge < -0.3 is 11.1 Å². The van der Waals surface area contributed by atoms with Gasteiger partial charge in [-0.05, 0) is 36.5 Å². The molecule has 110 valence electrons. The maximum absolute atomic E-state index is 12.0. The second-order valence-corrected chi connectivity index (χ2v) is 5.86. The van der Waals surface area contributed by atoms with E-state index in [1.165, 1.54) is 32.1 Å². The van der Waals surface area contributed by atoms with Crippen molar-refractivity contribution in [2.45, 2.75) is 58.3 Å². The van der Waals surface area contributed by atoms with Gasteiger partial charge in [-0.15, -0.1) is 0 Å². The number of aryl methyl sites for hydroxylation is 1. The van der Waals surface area contributed by atoms with E-state index >= 15 is 0 Å². The number of carbonyl (C=O) groups is 1. The molecule has 3 N–H and O–H groups in total. The Balaban J connectivity index is 1.80. The van der Waals surface area contributed by atoms with Crippen LogP contribution in [-0.4, -0.2) is 5.91 Å². The molecule has 3 heteroatoms. The molecule has 0 heterocycles. The SMILES string of the molecule is CCc1ccc(NC(=O)CCC2CCCCC2)cc1N. The lowest BCUT2D eigenvalue weighted by Crippen LogP contribution is -2.15. The lowest BCUT2D eigenvalue weighted by Gasteiger charge is -2.21. The molecule has 1 aliphatic carbocycles. The van der Waals surface area contributed by atoms with Crippen molar-refractivity contribution in [1.29, 1.82) is 0 Å². The molecule has 1 saturated carbocycles. The lowest BCUT2D eigenvalue weighted by atomic mass is 9.86. The minimum Gasteiger partial charge on any atom is -0.398 e. The van der Waals surface area contributed by atoms with Gasteiger partial charge in [-0.2, -0.15) is 0 Å². The van der Waals surface area contributed by atoms with E-state index in [1.54, 1.807) is 0 Å². The molecule has 0 radical (unpaired) electrons. The van der Waals surface area contributed by atoms with Gasteiger partial charge in [0.1, 0.15) is 0 Å². The second-order valence-electron chi connectivity index (χ2n) is 5.86. The maximum Gasteiger partial charge on any atom is 0.224 e. The third-order valence-electron chi connectivity index (χ3n) is 4.31. The predicted octanol–water partition coefficient (Wildman–Crippen LogP) is 4.13. The highest BCUT2D eigenvalue weighted by molar-refractivity contribution is 5.91. The highest BCUT2D eigenvalue weighted by atomic mass is 16.1. The Labute approximate surface area is 121 Å². The number of rotatable bonds is 5. The van der Waals surface area contributed by atoms with E-state index in [4.69, 9.17) is 5.73 Å². The van der Waals surface area contributed by atoms with Gasteiger partial charge in [0.05, 0.1) is 0 Å². The van der Waals surface area contributed by atoms with E-state index in [-0.39, 0.29) is 5.91 Å². The number of hydrogen-bond acceptors (Lipinski definition) is 2. The van der Waals surface area contributed by atoms with E-state index in [9.17, 15) is 4.79 Å². The molecule has 1 aliphatic rings. The number of anilines is 2. The summed E-state index contributed by atoms with van der Waals surface area (Å²) in [6.45, 7) is 2.08. The molecule has 0 spiro atoms. The van der Waals surface area contributed by atoms with E-state index in [2.05, 4.69) is 12.2 Å². The van der Waals surface area contributed by atoms with E-state index < -0.39 is 0 Å². The monoisotopic (exact) mass is 274 g/mol. The smallest absolute Gasteiger partial charge is 0.224 e. The minimum absolute atomic E-state index is 0.110. The Morgan fingerprint density at radius 1 is 1.30 bits per heavy atom. The predicted molar refractivity (Wildman–Crippen MR) is 84.7 cm³/mol. The Morgan fingerprint density at radius 3 is 2.70 bits per heavy atom. The van der Waals surface area contributed by atoms with Crippen LogP contribution in [0.15, 0.2) is 18.2 Å². The van der Waals surface area contributed by atoms with E-state index in [1.807, 2.05) is 18.2 Å². The van der Waals surface area contributed by atoms with Crippen molar-refractivity contribution in [2.24, 2.45) is 5.92 Å². The van der Waals surface area contributed by atoms with Crippen LogP contribution in [0, 0.1) is 5.92 Å². The summed E-state index contributed by atoms with van der Waals surface area (Å²) in [6, 6.07) is 5.79. The van der Waals surface area contributed by atoms with Crippen LogP contribution in [0.5, 0.6) is 0 Å². The summed E-state index contributed by atoms with van der Waals surface area (Å²) in [5.74, 6) is 0.862. The van der Waals surface area contributed by atoms with Crippen LogP contribution in [0.25, 0.3) is 0 Å². The normalized spacial score (nSPS) is 16.1. The van der Waals surface area contributed by atoms with Gasteiger partial charge in [0.2, 0.25) is 5.91 Å². The third kappa shape index (κ3) is 4.26. The first-order valence-corrected chi connectivity index (χ1v) is 7.87. The quantitative estimate of drug-likeness (QED) is 0.793. The molecule has 0 atom stereocenters. The van der Waals surface area contributed by atoms with Crippen LogP contribution in [0.3, 0.4) is 0 Å². The van der Waals surface area contributed by atoms with Crippen molar-refractivity contribution in [3.05, 3.63) is 23.8 Å². The molecule has 0 unspecified atom stereocenters. The number of hydrogen-bond donors (Lipinski definition) is 2. The fraction of sp³-hybridized carbons (Fsp3) is 0.588. The molecule has 0 bridgehead atoms. The topological polar surface area (TPSA) is 55.1 Å². The van der Waals surface area contributed by atoms with Crippen molar-refractivity contribution in [3.8, 4) is 0 Å². The van der Waals surface area contributed by atoms with Crippen LogP contribution >= 0.6 is 0 Å². The minimum atomic E-state index is 0.110. The zero-order valence-electron chi connectivity index (χ0n) is 12.5. The second kappa shape index (κ2) is 7.32. The van der Waals surface area contributed by atoms with Gasteiger partial charge in [-0.25, -0.2) is 0 Å². The lowest BCUT2D eigenvalue weighted by molar-refractivity contribution is -0.116. The summed E-state index contributed by atoms with van der Waals surface area (Å²) in [6.07, 6.45) is 9.20. The molecule has 1 aromatic rings. The average Bonchev–Trinajstić information content (AvgIpc) is 2.46. The molecule has 0 aromatic heterocycles. The molecule has 0 saturated heterocycles. The Morgan fingerprint density at radius 2 is 2.05 bits per heavy atom. The van der Waals surface area contributed by atoms with Crippen molar-refractivity contribution in [3.63, 3.8) is 0 Å². The van der Waals surface area contributed by atoms with Gasteiger partial charge in [0.15, 0.2) is 0 Å². The summed E-state index contributed by atoms with van der Waals surface area (Å²) in [7, 11) is 0. The van der Waals surface area contributed by atoms with Crippen LogP contribution in [0.1, 0.15) is 57.4 Å². The zero-order valence-corrected chi connectivity index (χ0v) is 12.5. The molecule has 1 fully saturated rings. The molecule has 1 aromatic carbocycles. The van der Waals surface area contributed by atoms with Crippen LogP contribution < -0.4 is 11.1 Å². The number of benzene rings is 1. The van der Waals surface area contributed by atoms with Crippen LogP contribution in [0.2, 0.25) is 0 Å². The Bertz CT molecular complexity index is 450. The molecule has 1 amide bonds. The van der Waals surface area contributed by atoms with Gasteiger partial charge in [-0.3, -0.25) is 4.79 Å². The van der Waals surface area contributed by atoms with Gasteiger partial charge in [0.25, 0.3) is 0 Å². The first-order valence-electron chi connectivity index (χ1n) is 7.87. The summed E-state index contributed by atoms with van der Waals surface area (Å²) < 4.78 is 0. The fourth-order valence-corrected chi connectivity index (χ4v) is 3.03. The standard InChI is InChI=1S/C17H26N2O/c1-2-14-9-10-15(12-16(14)18)19-17(20)11-8-13-6-4-3-5-7-13/h9-10,12-13H,2-8,11,18H2,1H3,(H,19,20). The molecule has 2 rings (SSSR count). The fourth-order valence-electron chi connectivity index (χ4n) is 3.03. The van der Waals surface area contributed by atoms with E-state index in [0.29, 0.717) is 6.42 Å². The van der Waals surface area contributed by atoms with Crippen LogP contribution in [-0.2, 0) is 11.2 Å². The highest BCUT2D eigenvalue weighted by Crippen LogP contribution is 2.27. The number of nitrogens with one attached hydrogen (secondary N) is 1.